The van der Waals surface area contributed by atoms with Crippen molar-refractivity contribution in [2.24, 2.45) is 0 Å². The number of aromatic hydroxyl groups is 3. The molecule has 0 fully saturated rings. The van der Waals surface area contributed by atoms with Gasteiger partial charge in [0.15, 0.2) is 0 Å². The van der Waals surface area contributed by atoms with Crippen LogP contribution in [0.2, 0.25) is 0 Å². The maximum absolute atomic E-state index is 10.5. The van der Waals surface area contributed by atoms with E-state index < -0.39 is 0 Å². The van der Waals surface area contributed by atoms with Gasteiger partial charge < -0.3 is 15.3 Å². The van der Waals surface area contributed by atoms with Crippen molar-refractivity contribution < 1.29 is 15.3 Å². The molecule has 0 aliphatic rings. The first kappa shape index (κ1) is 29.6. The van der Waals surface area contributed by atoms with Gasteiger partial charge in [-0.15, -0.1) is 19.7 Å². The molecule has 0 heterocycles. The maximum atomic E-state index is 10.5. The summed E-state index contributed by atoms with van der Waals surface area (Å²) >= 11 is 0. The monoisotopic (exact) mass is 522 g/mol. The predicted octanol–water partition coefficient (Wildman–Crippen LogP) is 8.72. The van der Waals surface area contributed by atoms with Gasteiger partial charge in [-0.3, -0.25) is 0 Å². The van der Waals surface area contributed by atoms with E-state index in [2.05, 4.69) is 71.7 Å². The predicted molar refractivity (Wildman–Crippen MR) is 165 cm³/mol. The number of allylic oxidation sites excluding steroid dienone is 5. The summed E-state index contributed by atoms with van der Waals surface area (Å²) in [5, 5.41) is 31.1. The summed E-state index contributed by atoms with van der Waals surface area (Å²) in [4.78, 5) is 0. The Labute approximate surface area is 234 Å². The van der Waals surface area contributed by atoms with Gasteiger partial charge in [0, 0.05) is 5.41 Å². The van der Waals surface area contributed by atoms with Crippen LogP contribution in [0.4, 0.5) is 0 Å². The minimum absolute atomic E-state index is 0.259. The topological polar surface area (TPSA) is 60.7 Å². The van der Waals surface area contributed by atoms with Crippen molar-refractivity contribution in [2.75, 3.05) is 0 Å². The van der Waals surface area contributed by atoms with Crippen LogP contribution in [-0.2, 0) is 30.1 Å². The molecule has 0 radical (unpaired) electrons. The number of rotatable bonds is 12. The minimum atomic E-state index is -0.353. The Hall–Kier alpha value is -3.98. The molecule has 0 atom stereocenters. The lowest BCUT2D eigenvalue weighted by Gasteiger charge is -2.31. The Balaban J connectivity index is 2.16. The third kappa shape index (κ3) is 7.11. The second-order valence-corrected chi connectivity index (χ2v) is 11.5. The summed E-state index contributed by atoms with van der Waals surface area (Å²) in [6.45, 7) is 20.3. The van der Waals surface area contributed by atoms with Crippen molar-refractivity contribution in [3.63, 3.8) is 0 Å². The quantitative estimate of drug-likeness (QED) is 0.208. The Morgan fingerprint density at radius 3 is 1.59 bits per heavy atom. The first-order valence-corrected chi connectivity index (χ1v) is 13.4. The molecule has 3 rings (SSSR count). The lowest BCUT2D eigenvalue weighted by molar-refractivity contribution is 0.467. The standard InChI is InChI=1S/C36H42O3/c1-8-11-26-20-25(14-17-32(26)37)29(23-35(4,5)30-15-18-33(38)27(21-30)12-9-2)24-36(6,7)31-16-19-34(39)28(22-31)13-10-3/h8-10,14-23,37-39H,1-3,11-13,24H2,4-7H3/b29-23-. The highest BCUT2D eigenvalue weighted by molar-refractivity contribution is 5.70. The van der Waals surface area contributed by atoms with Crippen LogP contribution in [0.3, 0.4) is 0 Å². The van der Waals surface area contributed by atoms with Crippen LogP contribution in [0.5, 0.6) is 17.2 Å². The number of phenolic OH excluding ortho intramolecular Hbond substituents is 3. The summed E-state index contributed by atoms with van der Waals surface area (Å²) in [5.74, 6) is 0.813. The first-order valence-electron chi connectivity index (χ1n) is 13.4. The van der Waals surface area contributed by atoms with Crippen LogP contribution in [0.1, 0.15) is 67.5 Å². The zero-order chi connectivity index (χ0) is 28.8. The minimum Gasteiger partial charge on any atom is -0.508 e. The van der Waals surface area contributed by atoms with E-state index >= 15 is 0 Å². The zero-order valence-corrected chi connectivity index (χ0v) is 23.8. The number of hydrogen-bond acceptors (Lipinski definition) is 3. The highest BCUT2D eigenvalue weighted by atomic mass is 16.3. The fourth-order valence-electron chi connectivity index (χ4n) is 5.07. The van der Waals surface area contributed by atoms with Gasteiger partial charge in [-0.2, -0.15) is 0 Å². The highest BCUT2D eigenvalue weighted by Crippen LogP contribution is 2.40. The zero-order valence-electron chi connectivity index (χ0n) is 23.8. The fraction of sp³-hybridized carbons (Fsp3) is 0.278. The molecule has 3 N–H and O–H groups in total. The average molecular weight is 523 g/mol. The number of hydrogen-bond donors (Lipinski definition) is 3. The second-order valence-electron chi connectivity index (χ2n) is 11.5. The van der Waals surface area contributed by atoms with Crippen molar-refractivity contribution in [1.29, 1.82) is 0 Å². The molecule has 204 valence electrons. The molecular formula is C36H42O3. The van der Waals surface area contributed by atoms with E-state index in [0.29, 0.717) is 19.3 Å². The molecular weight excluding hydrogens is 480 g/mol. The molecule has 3 nitrogen and oxygen atoms in total. The molecule has 39 heavy (non-hydrogen) atoms. The lowest BCUT2D eigenvalue weighted by Crippen LogP contribution is -2.20. The van der Waals surface area contributed by atoms with Gasteiger partial charge in [0.25, 0.3) is 0 Å². The fourth-order valence-corrected chi connectivity index (χ4v) is 5.07. The molecule has 0 saturated heterocycles. The first-order chi connectivity index (χ1) is 18.4. The van der Waals surface area contributed by atoms with Gasteiger partial charge in [-0.1, -0.05) is 82.3 Å². The smallest absolute Gasteiger partial charge is 0.119 e. The van der Waals surface area contributed by atoms with Gasteiger partial charge in [-0.05, 0) is 94.3 Å². The van der Waals surface area contributed by atoms with E-state index in [9.17, 15) is 15.3 Å². The van der Waals surface area contributed by atoms with Crippen LogP contribution >= 0.6 is 0 Å². The van der Waals surface area contributed by atoms with E-state index in [1.54, 1.807) is 36.4 Å². The van der Waals surface area contributed by atoms with E-state index in [4.69, 9.17) is 0 Å². The Kier molecular flexibility index (Phi) is 9.29. The molecule has 0 unspecified atom stereocenters. The van der Waals surface area contributed by atoms with Crippen LogP contribution in [0.15, 0.2) is 98.6 Å². The summed E-state index contributed by atoms with van der Waals surface area (Å²) in [5.41, 5.74) is 6.34. The third-order valence-electron chi connectivity index (χ3n) is 7.39. The lowest BCUT2D eigenvalue weighted by atomic mass is 9.74. The van der Waals surface area contributed by atoms with Crippen molar-refractivity contribution in [2.45, 2.75) is 64.2 Å². The summed E-state index contributed by atoms with van der Waals surface area (Å²) in [7, 11) is 0. The molecule has 3 aromatic carbocycles. The van der Waals surface area contributed by atoms with Crippen LogP contribution in [0, 0.1) is 0 Å². The van der Waals surface area contributed by atoms with Crippen LogP contribution in [-0.4, -0.2) is 15.3 Å². The van der Waals surface area contributed by atoms with Gasteiger partial charge in [0.2, 0.25) is 0 Å². The van der Waals surface area contributed by atoms with E-state index in [-0.39, 0.29) is 28.1 Å². The summed E-state index contributed by atoms with van der Waals surface area (Å²) in [6, 6.07) is 17.4. The number of benzene rings is 3. The normalized spacial score (nSPS) is 12.3. The van der Waals surface area contributed by atoms with E-state index in [1.165, 1.54) is 0 Å². The molecule has 0 aromatic heterocycles. The van der Waals surface area contributed by atoms with Crippen molar-refractivity contribution in [3.8, 4) is 17.2 Å². The SMILES string of the molecule is C=CCc1cc(/C(=C\C(C)(C)c2ccc(O)c(CC=C)c2)CC(C)(C)c2ccc(O)c(CC=C)c2)ccc1O. The van der Waals surface area contributed by atoms with Gasteiger partial charge in [0.1, 0.15) is 17.2 Å². The van der Waals surface area contributed by atoms with Gasteiger partial charge >= 0.3 is 0 Å². The Morgan fingerprint density at radius 1 is 0.641 bits per heavy atom. The third-order valence-corrected chi connectivity index (χ3v) is 7.39. The molecule has 3 heteroatoms. The second kappa shape index (κ2) is 12.3. The van der Waals surface area contributed by atoms with Crippen molar-refractivity contribution >= 4 is 5.57 Å². The van der Waals surface area contributed by atoms with E-state index in [1.807, 2.05) is 18.2 Å². The molecule has 0 amide bonds. The highest BCUT2D eigenvalue weighted by Gasteiger charge is 2.27. The Bertz CT molecular complexity index is 1390. The average Bonchev–Trinajstić information content (AvgIpc) is 2.87. The van der Waals surface area contributed by atoms with Gasteiger partial charge in [0.05, 0.1) is 0 Å². The van der Waals surface area contributed by atoms with E-state index in [0.717, 1.165) is 45.4 Å². The van der Waals surface area contributed by atoms with Crippen molar-refractivity contribution in [3.05, 3.63) is 132 Å². The van der Waals surface area contributed by atoms with Crippen LogP contribution in [0.25, 0.3) is 5.57 Å². The Morgan fingerprint density at radius 2 is 1.08 bits per heavy atom. The van der Waals surface area contributed by atoms with Crippen molar-refractivity contribution in [1.82, 2.24) is 0 Å². The molecule has 3 aromatic rings. The molecule has 0 spiro atoms. The molecule has 0 saturated carbocycles. The molecule has 0 aliphatic carbocycles. The van der Waals surface area contributed by atoms with Crippen LogP contribution < -0.4 is 0 Å². The summed E-state index contributed by atoms with van der Waals surface area (Å²) in [6.07, 6.45) is 10.2. The maximum Gasteiger partial charge on any atom is 0.119 e. The number of phenols is 3. The van der Waals surface area contributed by atoms with Gasteiger partial charge in [-0.25, -0.2) is 0 Å². The molecule has 0 aliphatic heterocycles. The largest absolute Gasteiger partial charge is 0.508 e. The summed E-state index contributed by atoms with van der Waals surface area (Å²) < 4.78 is 0. The molecule has 0 bridgehead atoms.